The van der Waals surface area contributed by atoms with Gasteiger partial charge in [-0.15, -0.1) is 0 Å². The molecular formula is C17H24O4. The first kappa shape index (κ1) is 17.4. The van der Waals surface area contributed by atoms with Gasteiger partial charge in [-0.3, -0.25) is 0 Å². The molecule has 0 aromatic heterocycles. The van der Waals surface area contributed by atoms with E-state index in [1.54, 1.807) is 21.1 Å². The minimum atomic E-state index is -0.509. The van der Waals surface area contributed by atoms with Gasteiger partial charge < -0.3 is 14.2 Å². The first-order chi connectivity index (χ1) is 10.1. The van der Waals surface area contributed by atoms with Crippen molar-refractivity contribution < 1.29 is 19.0 Å². The van der Waals surface area contributed by atoms with Gasteiger partial charge in [0.05, 0.1) is 6.61 Å². The van der Waals surface area contributed by atoms with Crippen LogP contribution >= 0.6 is 0 Å². The summed E-state index contributed by atoms with van der Waals surface area (Å²) < 4.78 is 15.6. The molecular weight excluding hydrogens is 268 g/mol. The lowest BCUT2D eigenvalue weighted by atomic mass is 9.92. The Kier molecular flexibility index (Phi) is 7.72. The summed E-state index contributed by atoms with van der Waals surface area (Å²) in [6.45, 7) is 5.97. The minimum Gasteiger partial charge on any atom is -0.463 e. The minimum absolute atomic E-state index is 0.237. The average molecular weight is 292 g/mol. The van der Waals surface area contributed by atoms with E-state index in [0.29, 0.717) is 18.6 Å². The van der Waals surface area contributed by atoms with Crippen molar-refractivity contribution in [3.05, 3.63) is 48.0 Å². The first-order valence-corrected chi connectivity index (χ1v) is 7.09. The van der Waals surface area contributed by atoms with Crippen molar-refractivity contribution in [3.8, 4) is 0 Å². The number of hydrogen-bond acceptors (Lipinski definition) is 4. The molecule has 1 aromatic carbocycles. The van der Waals surface area contributed by atoms with Gasteiger partial charge in [0, 0.05) is 25.7 Å². The van der Waals surface area contributed by atoms with Crippen molar-refractivity contribution in [1.82, 2.24) is 0 Å². The summed E-state index contributed by atoms with van der Waals surface area (Å²) in [6.07, 6.45) is 1.01. The molecule has 0 heterocycles. The van der Waals surface area contributed by atoms with Crippen LogP contribution in [0, 0.1) is 5.92 Å². The maximum atomic E-state index is 11.9. The topological polar surface area (TPSA) is 44.8 Å². The largest absolute Gasteiger partial charge is 0.463 e. The Morgan fingerprint density at radius 1 is 1.19 bits per heavy atom. The van der Waals surface area contributed by atoms with Gasteiger partial charge in [0.2, 0.25) is 0 Å². The molecule has 1 atom stereocenters. The Morgan fingerprint density at radius 2 is 1.81 bits per heavy atom. The molecule has 116 valence electrons. The van der Waals surface area contributed by atoms with E-state index in [-0.39, 0.29) is 5.92 Å². The third-order valence-electron chi connectivity index (χ3n) is 3.37. The molecule has 21 heavy (non-hydrogen) atoms. The van der Waals surface area contributed by atoms with Crippen molar-refractivity contribution in [3.63, 3.8) is 0 Å². The number of rotatable bonds is 9. The van der Waals surface area contributed by atoms with Crippen molar-refractivity contribution >= 4 is 5.97 Å². The van der Waals surface area contributed by atoms with Gasteiger partial charge in [0.1, 0.15) is 0 Å². The Hall–Kier alpha value is -1.65. The number of hydrogen-bond donors (Lipinski definition) is 0. The summed E-state index contributed by atoms with van der Waals surface area (Å²) in [5.41, 5.74) is 1.59. The van der Waals surface area contributed by atoms with Gasteiger partial charge in [0.15, 0.2) is 6.29 Å². The maximum absolute atomic E-state index is 11.9. The molecule has 0 aliphatic rings. The van der Waals surface area contributed by atoms with Crippen LogP contribution in [0.5, 0.6) is 0 Å². The third kappa shape index (κ3) is 5.33. The van der Waals surface area contributed by atoms with E-state index in [4.69, 9.17) is 14.2 Å². The Bertz CT molecular complexity index is 437. The van der Waals surface area contributed by atoms with Crippen LogP contribution in [0.3, 0.4) is 0 Å². The Balaban J connectivity index is 2.77. The zero-order valence-electron chi connectivity index (χ0n) is 13.0. The molecule has 0 aliphatic heterocycles. The average Bonchev–Trinajstić information content (AvgIpc) is 2.52. The van der Waals surface area contributed by atoms with Crippen LogP contribution in [-0.4, -0.2) is 33.1 Å². The summed E-state index contributed by atoms with van der Waals surface area (Å²) in [5.74, 6) is -0.631. The fourth-order valence-corrected chi connectivity index (χ4v) is 2.24. The SMILES string of the molecule is C=C(C(=O)OCC)[C@H](CCc1ccccc1)C(OC)OC. The van der Waals surface area contributed by atoms with Crippen molar-refractivity contribution in [1.29, 1.82) is 0 Å². The number of esters is 1. The van der Waals surface area contributed by atoms with Crippen LogP contribution in [0.1, 0.15) is 18.9 Å². The highest BCUT2D eigenvalue weighted by molar-refractivity contribution is 5.88. The van der Waals surface area contributed by atoms with Crippen LogP contribution in [0.25, 0.3) is 0 Å². The lowest BCUT2D eigenvalue weighted by Crippen LogP contribution is -2.30. The highest BCUT2D eigenvalue weighted by Crippen LogP contribution is 2.24. The van der Waals surface area contributed by atoms with Gasteiger partial charge in [-0.2, -0.15) is 0 Å². The van der Waals surface area contributed by atoms with E-state index in [0.717, 1.165) is 6.42 Å². The molecule has 0 saturated heterocycles. The van der Waals surface area contributed by atoms with Gasteiger partial charge >= 0.3 is 5.97 Å². The smallest absolute Gasteiger partial charge is 0.333 e. The quantitative estimate of drug-likeness (QED) is 0.399. The molecule has 0 N–H and O–H groups in total. The predicted octanol–water partition coefficient (Wildman–Crippen LogP) is 2.97. The van der Waals surface area contributed by atoms with E-state index < -0.39 is 12.3 Å². The van der Waals surface area contributed by atoms with Crippen LogP contribution < -0.4 is 0 Å². The standard InChI is InChI=1S/C17H24O4/c1-5-21-16(18)13(2)15(17(19-3)20-4)12-11-14-9-7-6-8-10-14/h6-10,15,17H,2,5,11-12H2,1,3-4H3/t15-/m0/s1. The van der Waals surface area contributed by atoms with E-state index in [9.17, 15) is 4.79 Å². The zero-order valence-corrected chi connectivity index (χ0v) is 13.0. The van der Waals surface area contributed by atoms with Crippen molar-refractivity contribution in [2.24, 2.45) is 5.92 Å². The summed E-state index contributed by atoms with van der Waals surface area (Å²) in [5, 5.41) is 0. The van der Waals surface area contributed by atoms with Crippen LogP contribution in [0.2, 0.25) is 0 Å². The summed E-state index contributed by atoms with van der Waals surface area (Å²) in [4.78, 5) is 11.9. The lowest BCUT2D eigenvalue weighted by molar-refractivity contribution is -0.148. The molecule has 0 spiro atoms. The molecule has 0 bridgehead atoms. The highest BCUT2D eigenvalue weighted by atomic mass is 16.7. The number of ether oxygens (including phenoxy) is 3. The second-order valence-corrected chi connectivity index (χ2v) is 4.72. The summed E-state index contributed by atoms with van der Waals surface area (Å²) >= 11 is 0. The van der Waals surface area contributed by atoms with Crippen molar-refractivity contribution in [2.45, 2.75) is 26.1 Å². The van der Waals surface area contributed by atoms with Gasteiger partial charge in [-0.25, -0.2) is 4.79 Å². The second-order valence-electron chi connectivity index (χ2n) is 4.72. The van der Waals surface area contributed by atoms with Crippen molar-refractivity contribution in [2.75, 3.05) is 20.8 Å². The molecule has 0 fully saturated rings. The van der Waals surface area contributed by atoms with E-state index in [1.165, 1.54) is 5.56 Å². The zero-order chi connectivity index (χ0) is 15.7. The molecule has 1 rings (SSSR count). The van der Waals surface area contributed by atoms with E-state index in [1.807, 2.05) is 18.2 Å². The van der Waals surface area contributed by atoms with E-state index in [2.05, 4.69) is 18.7 Å². The molecule has 0 unspecified atom stereocenters. The second kappa shape index (κ2) is 9.32. The molecule has 0 radical (unpaired) electrons. The fourth-order valence-electron chi connectivity index (χ4n) is 2.24. The van der Waals surface area contributed by atoms with Gasteiger partial charge in [-0.1, -0.05) is 36.9 Å². The Labute approximate surface area is 126 Å². The number of aryl methyl sites for hydroxylation is 1. The normalized spacial score (nSPS) is 12.2. The Morgan fingerprint density at radius 3 is 2.33 bits per heavy atom. The summed E-state index contributed by atoms with van der Waals surface area (Å²) in [7, 11) is 3.12. The number of carbonyl (C=O) groups excluding carboxylic acids is 1. The molecule has 0 saturated carbocycles. The van der Waals surface area contributed by atoms with Gasteiger partial charge in [-0.05, 0) is 25.3 Å². The molecule has 0 amide bonds. The number of carbonyl (C=O) groups is 1. The maximum Gasteiger partial charge on any atom is 0.333 e. The number of benzene rings is 1. The van der Waals surface area contributed by atoms with Crippen LogP contribution in [0.15, 0.2) is 42.5 Å². The molecule has 4 heteroatoms. The first-order valence-electron chi connectivity index (χ1n) is 7.09. The lowest BCUT2D eigenvalue weighted by Gasteiger charge is -2.25. The van der Waals surface area contributed by atoms with Crippen LogP contribution in [-0.2, 0) is 25.4 Å². The highest BCUT2D eigenvalue weighted by Gasteiger charge is 2.28. The fraction of sp³-hybridized carbons (Fsp3) is 0.471. The predicted molar refractivity (Wildman–Crippen MR) is 81.8 cm³/mol. The van der Waals surface area contributed by atoms with Gasteiger partial charge in [0.25, 0.3) is 0 Å². The molecule has 1 aromatic rings. The third-order valence-corrected chi connectivity index (χ3v) is 3.37. The summed E-state index contributed by atoms with van der Waals surface area (Å²) in [6, 6.07) is 10.1. The molecule has 0 aliphatic carbocycles. The monoisotopic (exact) mass is 292 g/mol. The number of methoxy groups -OCH3 is 2. The van der Waals surface area contributed by atoms with E-state index >= 15 is 0 Å². The van der Waals surface area contributed by atoms with Crippen LogP contribution in [0.4, 0.5) is 0 Å². The molecule has 4 nitrogen and oxygen atoms in total.